The molecule has 6 fully saturated rings. The average Bonchev–Trinajstić information content (AvgIpc) is 3.03. The minimum Gasteiger partial charge on any atom is -0.312 e. The number of hydrogen-bond acceptors (Lipinski definition) is 3. The van der Waals surface area contributed by atoms with Gasteiger partial charge in [-0.05, 0) is 62.2 Å². The highest BCUT2D eigenvalue weighted by Crippen LogP contribution is 2.79. The third kappa shape index (κ3) is 1.07. The Balaban J connectivity index is 1.38. The molecule has 4 unspecified atom stereocenters. The maximum atomic E-state index is 6.70. The van der Waals surface area contributed by atoms with Crippen LogP contribution in [-0.4, -0.2) is 11.6 Å². The summed E-state index contributed by atoms with van der Waals surface area (Å²) in [6, 6.07) is 0. The number of rotatable bonds is 0. The molecule has 3 heteroatoms. The first kappa shape index (κ1) is 11.4. The number of hydrogen-bond donors (Lipinski definition) is 0. The monoisotopic (exact) mass is 276 g/mol. The molecule has 20 heavy (non-hydrogen) atoms. The van der Waals surface area contributed by atoms with E-state index in [1.165, 1.54) is 51.4 Å². The van der Waals surface area contributed by atoms with Crippen LogP contribution in [0, 0.1) is 29.1 Å². The van der Waals surface area contributed by atoms with Gasteiger partial charge in [0.1, 0.15) is 0 Å². The van der Waals surface area contributed by atoms with E-state index in [4.69, 9.17) is 14.5 Å². The van der Waals surface area contributed by atoms with Gasteiger partial charge in [0.05, 0.1) is 0 Å². The molecule has 1 aliphatic heterocycles. The summed E-state index contributed by atoms with van der Waals surface area (Å²) in [5.74, 6) is 2.45. The molecule has 0 N–H and O–H groups in total. The van der Waals surface area contributed by atoms with E-state index in [0.717, 1.165) is 30.1 Å². The minimum absolute atomic E-state index is 0.356. The molecule has 0 amide bonds. The van der Waals surface area contributed by atoms with E-state index in [-0.39, 0.29) is 11.6 Å². The summed E-state index contributed by atoms with van der Waals surface area (Å²) in [5, 5.41) is 0. The van der Waals surface area contributed by atoms with Gasteiger partial charge in [-0.25, -0.2) is 0 Å². The molecule has 5 saturated carbocycles. The maximum absolute atomic E-state index is 6.70. The maximum Gasteiger partial charge on any atom is 0.210 e. The van der Waals surface area contributed by atoms with E-state index >= 15 is 0 Å². The fourth-order valence-electron chi connectivity index (χ4n) is 7.16. The Morgan fingerprint density at radius 3 is 2.05 bits per heavy atom. The second-order valence-corrected chi connectivity index (χ2v) is 8.60. The van der Waals surface area contributed by atoms with Crippen molar-refractivity contribution in [2.45, 2.75) is 75.8 Å². The van der Waals surface area contributed by atoms with Crippen LogP contribution in [0.3, 0.4) is 0 Å². The predicted octanol–water partition coefficient (Wildman–Crippen LogP) is 3.78. The normalized spacial score (nSPS) is 61.2. The van der Waals surface area contributed by atoms with Crippen LogP contribution in [0.15, 0.2) is 0 Å². The zero-order valence-corrected chi connectivity index (χ0v) is 12.1. The van der Waals surface area contributed by atoms with Crippen molar-refractivity contribution in [2.24, 2.45) is 29.1 Å². The summed E-state index contributed by atoms with van der Waals surface area (Å²) < 4.78 is 6.70. The van der Waals surface area contributed by atoms with Crippen LogP contribution < -0.4 is 0 Å². The molecule has 6 rings (SSSR count). The second kappa shape index (κ2) is 3.28. The zero-order chi connectivity index (χ0) is 13.0. The molecule has 1 saturated heterocycles. The molecule has 1 heterocycles. The molecule has 110 valence electrons. The van der Waals surface area contributed by atoms with Crippen LogP contribution in [-0.2, 0) is 14.5 Å². The molecule has 0 aromatic carbocycles. The molecule has 6 aliphatic rings. The van der Waals surface area contributed by atoms with E-state index in [1.807, 2.05) is 0 Å². The molecule has 0 aromatic rings. The van der Waals surface area contributed by atoms with Gasteiger partial charge in [-0.2, -0.15) is 9.78 Å². The van der Waals surface area contributed by atoms with Crippen molar-refractivity contribution in [3.8, 4) is 0 Å². The van der Waals surface area contributed by atoms with Gasteiger partial charge in [-0.3, -0.25) is 0 Å². The van der Waals surface area contributed by atoms with Crippen molar-refractivity contribution in [3.05, 3.63) is 0 Å². The Morgan fingerprint density at radius 1 is 0.700 bits per heavy atom. The highest BCUT2D eigenvalue weighted by Gasteiger charge is 2.77. The Bertz CT molecular complexity index is 443. The van der Waals surface area contributed by atoms with Crippen molar-refractivity contribution in [1.82, 2.24) is 0 Å². The summed E-state index contributed by atoms with van der Waals surface area (Å²) >= 11 is 0. The molecule has 4 atom stereocenters. The lowest BCUT2D eigenvalue weighted by molar-refractivity contribution is -0.374. The lowest BCUT2D eigenvalue weighted by atomic mass is 9.56. The lowest BCUT2D eigenvalue weighted by Crippen LogP contribution is -2.49. The minimum atomic E-state index is -0.381. The summed E-state index contributed by atoms with van der Waals surface area (Å²) in [4.78, 5) is 12.0. The van der Waals surface area contributed by atoms with Crippen LogP contribution in [0.1, 0.15) is 64.2 Å². The van der Waals surface area contributed by atoms with E-state index in [1.54, 1.807) is 0 Å². The molecule has 0 aromatic heterocycles. The first-order chi connectivity index (χ1) is 9.75. The van der Waals surface area contributed by atoms with Crippen molar-refractivity contribution in [2.75, 3.05) is 0 Å². The standard InChI is InChI=1S/C17H24O3/c1-2-4-16(5-3-1)18-17(20-19-16)13-7-11-6-12-8-14(17)10-15(11,12)9-13/h11-14H,1-10H2. The summed E-state index contributed by atoms with van der Waals surface area (Å²) in [6.45, 7) is 0. The topological polar surface area (TPSA) is 27.7 Å². The second-order valence-electron chi connectivity index (χ2n) is 8.60. The van der Waals surface area contributed by atoms with E-state index in [0.29, 0.717) is 11.8 Å². The van der Waals surface area contributed by atoms with Gasteiger partial charge in [0.15, 0.2) is 0 Å². The lowest BCUT2D eigenvalue weighted by Gasteiger charge is -2.49. The molecule has 0 radical (unpaired) electrons. The van der Waals surface area contributed by atoms with Gasteiger partial charge in [0.25, 0.3) is 0 Å². The van der Waals surface area contributed by atoms with Crippen molar-refractivity contribution in [3.63, 3.8) is 0 Å². The largest absolute Gasteiger partial charge is 0.312 e. The third-order valence-electron chi connectivity index (χ3n) is 8.01. The highest BCUT2D eigenvalue weighted by atomic mass is 17.3. The van der Waals surface area contributed by atoms with Crippen LogP contribution >= 0.6 is 0 Å². The van der Waals surface area contributed by atoms with E-state index in [9.17, 15) is 0 Å². The molecule has 3 bridgehead atoms. The summed E-state index contributed by atoms with van der Waals surface area (Å²) in [6.07, 6.45) is 12.7. The van der Waals surface area contributed by atoms with Gasteiger partial charge < -0.3 is 4.74 Å². The Morgan fingerprint density at radius 2 is 1.35 bits per heavy atom. The summed E-state index contributed by atoms with van der Waals surface area (Å²) in [7, 11) is 0. The Labute approximate surface area is 120 Å². The van der Waals surface area contributed by atoms with Gasteiger partial charge in [-0.15, -0.1) is 0 Å². The van der Waals surface area contributed by atoms with Gasteiger partial charge >= 0.3 is 0 Å². The Hall–Kier alpha value is -0.120. The van der Waals surface area contributed by atoms with Crippen LogP contribution in [0.5, 0.6) is 0 Å². The average molecular weight is 276 g/mol. The molecule has 5 aliphatic carbocycles. The van der Waals surface area contributed by atoms with Gasteiger partial charge in [0, 0.05) is 24.7 Å². The van der Waals surface area contributed by atoms with Gasteiger partial charge in [0.2, 0.25) is 11.6 Å². The fourth-order valence-corrected chi connectivity index (χ4v) is 7.16. The van der Waals surface area contributed by atoms with Crippen LogP contribution in [0.2, 0.25) is 0 Å². The zero-order valence-electron chi connectivity index (χ0n) is 12.1. The predicted molar refractivity (Wildman–Crippen MR) is 71.3 cm³/mol. The molecule has 3 nitrogen and oxygen atoms in total. The third-order valence-corrected chi connectivity index (χ3v) is 8.01. The van der Waals surface area contributed by atoms with Crippen molar-refractivity contribution < 1.29 is 14.5 Å². The highest BCUT2D eigenvalue weighted by molar-refractivity contribution is 5.21. The van der Waals surface area contributed by atoms with Gasteiger partial charge in [-0.1, -0.05) is 6.42 Å². The molecular formula is C17H24O3. The number of fused-ring (bicyclic) bond motifs is 4. The number of ether oxygens (including phenoxy) is 1. The van der Waals surface area contributed by atoms with Crippen LogP contribution in [0.25, 0.3) is 0 Å². The van der Waals surface area contributed by atoms with E-state index in [2.05, 4.69) is 0 Å². The SMILES string of the molecule is C1CCC2(CC1)OOC1(O2)C2CC3CC4CC1CC34C2. The van der Waals surface area contributed by atoms with Crippen LogP contribution in [0.4, 0.5) is 0 Å². The first-order valence-electron chi connectivity index (χ1n) is 8.82. The first-order valence-corrected chi connectivity index (χ1v) is 8.82. The fraction of sp³-hybridized carbons (Fsp3) is 1.00. The van der Waals surface area contributed by atoms with E-state index < -0.39 is 0 Å². The molecular weight excluding hydrogens is 252 g/mol. The smallest absolute Gasteiger partial charge is 0.210 e. The molecule has 3 spiro atoms. The Kier molecular flexibility index (Phi) is 1.88. The van der Waals surface area contributed by atoms with Crippen molar-refractivity contribution in [1.29, 1.82) is 0 Å². The summed E-state index contributed by atoms with van der Waals surface area (Å²) in [5.41, 5.74) is 0.718. The quantitative estimate of drug-likeness (QED) is 0.630. The van der Waals surface area contributed by atoms with Crippen molar-refractivity contribution >= 4 is 0 Å².